The highest BCUT2D eigenvalue weighted by Crippen LogP contribution is 2.25. The van der Waals surface area contributed by atoms with Crippen LogP contribution in [0.4, 0.5) is 16.2 Å². The van der Waals surface area contributed by atoms with E-state index >= 15 is 0 Å². The van der Waals surface area contributed by atoms with Gasteiger partial charge < -0.3 is 15.5 Å². The van der Waals surface area contributed by atoms with Crippen LogP contribution in [0.25, 0.3) is 0 Å². The molecule has 0 unspecified atom stereocenters. The third-order valence-electron chi connectivity index (χ3n) is 5.46. The molecule has 0 aliphatic heterocycles. The molecule has 0 bridgehead atoms. The molecule has 0 radical (unpaired) electrons. The van der Waals surface area contributed by atoms with E-state index in [1.54, 1.807) is 19.1 Å². The number of aromatic nitrogens is 2. The minimum absolute atomic E-state index is 0.138. The van der Waals surface area contributed by atoms with Crippen LogP contribution in [0.5, 0.6) is 0 Å². The lowest BCUT2D eigenvalue weighted by Crippen LogP contribution is -2.38. The smallest absolute Gasteiger partial charge is 0.251 e. The Morgan fingerprint density at radius 2 is 1.86 bits per heavy atom. The summed E-state index contributed by atoms with van der Waals surface area (Å²) in [7, 11) is 3.93. The predicted octanol–water partition coefficient (Wildman–Crippen LogP) is 3.70. The fourth-order valence-corrected chi connectivity index (χ4v) is 3.61. The zero-order valence-electron chi connectivity index (χ0n) is 17.6. The van der Waals surface area contributed by atoms with Gasteiger partial charge in [0.05, 0.1) is 0 Å². The second kappa shape index (κ2) is 9.20. The molecule has 0 spiro atoms. The standard InChI is InChI=1S/C22H30FN5O/c1-14-5-8-17(12-19(14)23)21(29)26-18-9-6-16(7-10-18)13-24-22-25-15(2)11-20(27-22)28(3)4/h5,8,11-12,16,18H,6-7,9-10,13H2,1-4H3,(H,26,29)(H,24,25,27)/t16-,18+. The minimum atomic E-state index is -0.344. The van der Waals surface area contributed by atoms with E-state index in [0.717, 1.165) is 43.7 Å². The number of carbonyl (C=O) groups excluding carboxylic acids is 1. The van der Waals surface area contributed by atoms with Crippen molar-refractivity contribution in [3.8, 4) is 0 Å². The maximum absolute atomic E-state index is 13.7. The molecule has 3 rings (SSSR count). The Labute approximate surface area is 171 Å². The van der Waals surface area contributed by atoms with Gasteiger partial charge in [0.1, 0.15) is 11.6 Å². The number of carbonyl (C=O) groups is 1. The molecule has 1 aromatic heterocycles. The summed E-state index contributed by atoms with van der Waals surface area (Å²) in [5, 5.41) is 6.41. The molecular formula is C22H30FN5O. The normalized spacial score (nSPS) is 18.9. The Morgan fingerprint density at radius 3 is 2.52 bits per heavy atom. The number of halogens is 1. The van der Waals surface area contributed by atoms with Crippen molar-refractivity contribution >= 4 is 17.7 Å². The molecule has 1 fully saturated rings. The lowest BCUT2D eigenvalue weighted by atomic mass is 9.86. The largest absolute Gasteiger partial charge is 0.363 e. The van der Waals surface area contributed by atoms with E-state index < -0.39 is 0 Å². The monoisotopic (exact) mass is 399 g/mol. The SMILES string of the molecule is Cc1cc(N(C)C)nc(NC[C@H]2CC[C@@H](NC(=O)c3ccc(C)c(F)c3)CC2)n1. The molecule has 0 saturated heterocycles. The third kappa shape index (κ3) is 5.65. The molecule has 1 aliphatic carbocycles. The summed E-state index contributed by atoms with van der Waals surface area (Å²) in [5.41, 5.74) is 1.86. The van der Waals surface area contributed by atoms with Crippen molar-refractivity contribution in [2.75, 3.05) is 30.9 Å². The number of hydrogen-bond donors (Lipinski definition) is 2. The van der Waals surface area contributed by atoms with Crippen LogP contribution in [0, 0.1) is 25.6 Å². The molecule has 29 heavy (non-hydrogen) atoms. The summed E-state index contributed by atoms with van der Waals surface area (Å²) in [4.78, 5) is 23.3. The van der Waals surface area contributed by atoms with Crippen LogP contribution in [0.2, 0.25) is 0 Å². The van der Waals surface area contributed by atoms with Gasteiger partial charge in [0.15, 0.2) is 0 Å². The van der Waals surface area contributed by atoms with E-state index in [2.05, 4.69) is 20.6 Å². The first-order valence-corrected chi connectivity index (χ1v) is 10.2. The van der Waals surface area contributed by atoms with Crippen molar-refractivity contribution in [3.63, 3.8) is 0 Å². The number of rotatable bonds is 6. The Kier molecular flexibility index (Phi) is 6.67. The highest BCUT2D eigenvalue weighted by atomic mass is 19.1. The van der Waals surface area contributed by atoms with Gasteiger partial charge in [-0.3, -0.25) is 4.79 Å². The molecule has 7 heteroatoms. The fraction of sp³-hybridized carbons (Fsp3) is 0.500. The number of anilines is 2. The number of hydrogen-bond acceptors (Lipinski definition) is 5. The van der Waals surface area contributed by atoms with Gasteiger partial charge in [0.25, 0.3) is 5.91 Å². The summed E-state index contributed by atoms with van der Waals surface area (Å²) in [6.07, 6.45) is 3.88. The fourth-order valence-electron chi connectivity index (χ4n) is 3.61. The zero-order valence-corrected chi connectivity index (χ0v) is 17.6. The molecule has 156 valence electrons. The van der Waals surface area contributed by atoms with Crippen LogP contribution in [-0.2, 0) is 0 Å². The van der Waals surface area contributed by atoms with Gasteiger partial charge in [0.2, 0.25) is 5.95 Å². The maximum atomic E-state index is 13.7. The second-order valence-corrected chi connectivity index (χ2v) is 8.12. The number of aryl methyl sites for hydroxylation is 2. The van der Waals surface area contributed by atoms with E-state index in [1.807, 2.05) is 32.0 Å². The summed E-state index contributed by atoms with van der Waals surface area (Å²) >= 11 is 0. The lowest BCUT2D eigenvalue weighted by molar-refractivity contribution is 0.0922. The molecule has 6 nitrogen and oxygen atoms in total. The van der Waals surface area contributed by atoms with Crippen LogP contribution in [0.1, 0.15) is 47.3 Å². The topological polar surface area (TPSA) is 70.2 Å². The van der Waals surface area contributed by atoms with Crippen LogP contribution in [0.3, 0.4) is 0 Å². The van der Waals surface area contributed by atoms with Gasteiger partial charge in [-0.25, -0.2) is 9.37 Å². The number of nitrogens with one attached hydrogen (secondary N) is 2. The van der Waals surface area contributed by atoms with E-state index in [4.69, 9.17) is 0 Å². The van der Waals surface area contributed by atoms with E-state index in [1.165, 1.54) is 6.07 Å². The van der Waals surface area contributed by atoms with Crippen molar-refractivity contribution in [1.82, 2.24) is 15.3 Å². The first-order valence-electron chi connectivity index (χ1n) is 10.2. The quantitative estimate of drug-likeness (QED) is 0.775. The predicted molar refractivity (Wildman–Crippen MR) is 114 cm³/mol. The van der Waals surface area contributed by atoms with E-state index in [9.17, 15) is 9.18 Å². The highest BCUT2D eigenvalue weighted by molar-refractivity contribution is 5.94. The molecule has 1 heterocycles. The first kappa shape index (κ1) is 21.0. The number of benzene rings is 1. The van der Waals surface area contributed by atoms with Crippen LogP contribution < -0.4 is 15.5 Å². The van der Waals surface area contributed by atoms with Gasteiger partial charge >= 0.3 is 0 Å². The van der Waals surface area contributed by atoms with Crippen LogP contribution >= 0.6 is 0 Å². The maximum Gasteiger partial charge on any atom is 0.251 e. The summed E-state index contributed by atoms with van der Waals surface area (Å²) in [6, 6.07) is 6.72. The summed E-state index contributed by atoms with van der Waals surface area (Å²) in [6.45, 7) is 4.48. The summed E-state index contributed by atoms with van der Waals surface area (Å²) < 4.78 is 13.7. The van der Waals surface area contributed by atoms with Crippen molar-refractivity contribution in [3.05, 3.63) is 46.9 Å². The molecular weight excluding hydrogens is 369 g/mol. The van der Waals surface area contributed by atoms with Crippen molar-refractivity contribution in [2.24, 2.45) is 5.92 Å². The van der Waals surface area contributed by atoms with Crippen LogP contribution in [-0.4, -0.2) is 42.6 Å². The van der Waals surface area contributed by atoms with Crippen molar-refractivity contribution in [1.29, 1.82) is 0 Å². The minimum Gasteiger partial charge on any atom is -0.363 e. The van der Waals surface area contributed by atoms with Crippen LogP contribution in [0.15, 0.2) is 24.3 Å². The van der Waals surface area contributed by atoms with Gasteiger partial charge in [-0.05, 0) is 63.1 Å². The van der Waals surface area contributed by atoms with Crippen molar-refractivity contribution < 1.29 is 9.18 Å². The molecule has 1 saturated carbocycles. The average Bonchev–Trinajstić information content (AvgIpc) is 2.69. The molecule has 2 N–H and O–H groups in total. The molecule has 1 aromatic carbocycles. The second-order valence-electron chi connectivity index (χ2n) is 8.12. The van der Waals surface area contributed by atoms with Gasteiger partial charge in [-0.2, -0.15) is 4.98 Å². The molecule has 2 aromatic rings. The number of nitrogens with zero attached hydrogens (tertiary/aromatic N) is 3. The Morgan fingerprint density at radius 1 is 1.14 bits per heavy atom. The Bertz CT molecular complexity index is 862. The lowest BCUT2D eigenvalue weighted by Gasteiger charge is -2.29. The van der Waals surface area contributed by atoms with Gasteiger partial charge in [-0.15, -0.1) is 0 Å². The van der Waals surface area contributed by atoms with Gasteiger partial charge in [-0.1, -0.05) is 6.07 Å². The highest BCUT2D eigenvalue weighted by Gasteiger charge is 2.23. The Hall–Kier alpha value is -2.70. The first-order chi connectivity index (χ1) is 13.8. The number of amides is 1. The van der Waals surface area contributed by atoms with E-state index in [0.29, 0.717) is 23.0 Å². The van der Waals surface area contributed by atoms with Crippen molar-refractivity contribution in [2.45, 2.75) is 45.6 Å². The average molecular weight is 400 g/mol. The molecule has 1 aliphatic rings. The van der Waals surface area contributed by atoms with E-state index in [-0.39, 0.29) is 17.8 Å². The Balaban J connectivity index is 1.47. The summed E-state index contributed by atoms with van der Waals surface area (Å²) in [5.74, 6) is 1.52. The molecule has 1 amide bonds. The third-order valence-corrected chi connectivity index (χ3v) is 5.46. The zero-order chi connectivity index (χ0) is 21.0. The molecule has 0 atom stereocenters. The van der Waals surface area contributed by atoms with Gasteiger partial charge in [0, 0.05) is 44.0 Å².